The zero-order valence-electron chi connectivity index (χ0n) is 18.1. The minimum atomic E-state index is -0.768. The molecule has 2 N–H and O–H groups in total. The number of halogens is 1. The van der Waals surface area contributed by atoms with E-state index in [4.69, 9.17) is 16.3 Å². The number of ether oxygens (including phenoxy) is 2. The second-order valence-electron chi connectivity index (χ2n) is 7.34. The number of nitrogens with zero attached hydrogens (tertiary/aromatic N) is 1. The highest BCUT2D eigenvalue weighted by molar-refractivity contribution is 6.30. The third kappa shape index (κ3) is 8.39. The summed E-state index contributed by atoms with van der Waals surface area (Å²) in [6.07, 6.45) is 1.87. The number of benzene rings is 2. The molecule has 0 fully saturated rings. The maximum Gasteiger partial charge on any atom is 0.337 e. The van der Waals surface area contributed by atoms with Gasteiger partial charge < -0.3 is 14.8 Å². The predicted octanol–water partition coefficient (Wildman–Crippen LogP) is 3.19. The van der Waals surface area contributed by atoms with Crippen molar-refractivity contribution in [2.24, 2.45) is 11.0 Å². The van der Waals surface area contributed by atoms with Gasteiger partial charge in [-0.15, -0.1) is 0 Å². The Morgan fingerprint density at radius 1 is 1.06 bits per heavy atom. The van der Waals surface area contributed by atoms with Gasteiger partial charge in [-0.25, -0.2) is 10.2 Å². The summed E-state index contributed by atoms with van der Waals surface area (Å²) in [6, 6.07) is 12.4. The topological polar surface area (TPSA) is 106 Å². The van der Waals surface area contributed by atoms with Gasteiger partial charge >= 0.3 is 5.97 Å². The van der Waals surface area contributed by atoms with Crippen molar-refractivity contribution in [1.29, 1.82) is 0 Å². The Morgan fingerprint density at radius 3 is 2.31 bits per heavy atom. The smallest absolute Gasteiger partial charge is 0.337 e. The molecule has 1 atom stereocenters. The van der Waals surface area contributed by atoms with E-state index in [0.717, 1.165) is 0 Å². The Bertz CT molecular complexity index is 943. The van der Waals surface area contributed by atoms with Gasteiger partial charge in [0, 0.05) is 5.02 Å². The molecular formula is C23H26ClN3O5. The molecule has 0 saturated heterocycles. The number of carbonyl (C=O) groups is 3. The number of rotatable bonds is 10. The molecule has 2 rings (SSSR count). The molecule has 0 aliphatic carbocycles. The van der Waals surface area contributed by atoms with Gasteiger partial charge in [-0.1, -0.05) is 37.6 Å². The predicted molar refractivity (Wildman–Crippen MR) is 122 cm³/mol. The number of carbonyl (C=O) groups excluding carboxylic acids is 3. The summed E-state index contributed by atoms with van der Waals surface area (Å²) in [5.74, 6) is -0.645. The van der Waals surface area contributed by atoms with Crippen LogP contribution in [-0.2, 0) is 14.3 Å². The average molecular weight is 460 g/mol. The van der Waals surface area contributed by atoms with E-state index < -0.39 is 23.8 Å². The largest absolute Gasteiger partial charge is 0.484 e. The first-order valence-corrected chi connectivity index (χ1v) is 10.3. The van der Waals surface area contributed by atoms with E-state index >= 15 is 0 Å². The molecule has 0 spiro atoms. The molecule has 2 aromatic rings. The number of methoxy groups -OCH3 is 1. The van der Waals surface area contributed by atoms with Crippen LogP contribution < -0.4 is 15.5 Å². The highest BCUT2D eigenvalue weighted by Crippen LogP contribution is 2.15. The molecule has 0 aliphatic rings. The molecule has 2 amide bonds. The van der Waals surface area contributed by atoms with Gasteiger partial charge in [-0.3, -0.25) is 9.59 Å². The number of amides is 2. The molecule has 32 heavy (non-hydrogen) atoms. The normalized spacial score (nSPS) is 11.8. The summed E-state index contributed by atoms with van der Waals surface area (Å²) in [5, 5.41) is 7.18. The van der Waals surface area contributed by atoms with Gasteiger partial charge in [0.1, 0.15) is 11.8 Å². The Morgan fingerprint density at radius 2 is 1.72 bits per heavy atom. The molecule has 2 aromatic carbocycles. The first-order chi connectivity index (χ1) is 15.3. The van der Waals surface area contributed by atoms with Crippen LogP contribution in [-0.4, -0.2) is 43.8 Å². The van der Waals surface area contributed by atoms with Crippen LogP contribution >= 0.6 is 11.6 Å². The highest BCUT2D eigenvalue weighted by atomic mass is 35.5. The molecule has 0 heterocycles. The fourth-order valence-corrected chi connectivity index (χ4v) is 2.82. The number of hydrogen-bond donors (Lipinski definition) is 2. The fraction of sp³-hybridized carbons (Fsp3) is 0.304. The molecule has 0 aromatic heterocycles. The Balaban J connectivity index is 1.90. The molecular weight excluding hydrogens is 434 g/mol. The van der Waals surface area contributed by atoms with E-state index in [1.807, 2.05) is 13.8 Å². The molecule has 0 unspecified atom stereocenters. The lowest BCUT2D eigenvalue weighted by atomic mass is 10.0. The molecule has 9 heteroatoms. The second kappa shape index (κ2) is 12.5. The minimum Gasteiger partial charge on any atom is -0.484 e. The van der Waals surface area contributed by atoms with E-state index in [9.17, 15) is 14.4 Å². The number of hydrogen-bond acceptors (Lipinski definition) is 6. The van der Waals surface area contributed by atoms with Crippen LogP contribution in [0.2, 0.25) is 5.02 Å². The quantitative estimate of drug-likeness (QED) is 0.322. The van der Waals surface area contributed by atoms with Crippen LogP contribution in [0, 0.1) is 5.92 Å². The Hall–Kier alpha value is -3.39. The van der Waals surface area contributed by atoms with Crippen LogP contribution in [0.4, 0.5) is 0 Å². The van der Waals surface area contributed by atoms with E-state index in [1.165, 1.54) is 13.3 Å². The van der Waals surface area contributed by atoms with Gasteiger partial charge in [-0.05, 0) is 54.3 Å². The SMILES string of the molecule is COC(=O)c1ccc(/C=N\NC(=O)[C@H](CC(C)C)NC(=O)COc2ccc(Cl)cc2)cc1. The fourth-order valence-electron chi connectivity index (χ4n) is 2.69. The molecule has 8 nitrogen and oxygen atoms in total. The summed E-state index contributed by atoms with van der Waals surface area (Å²) < 4.78 is 10.1. The van der Waals surface area contributed by atoms with Crippen LogP contribution in [0.15, 0.2) is 53.6 Å². The van der Waals surface area contributed by atoms with E-state index in [-0.39, 0.29) is 12.5 Å². The van der Waals surface area contributed by atoms with Crippen molar-refractivity contribution in [3.63, 3.8) is 0 Å². The third-order valence-electron chi connectivity index (χ3n) is 4.26. The van der Waals surface area contributed by atoms with Gasteiger partial charge in [-0.2, -0.15) is 5.10 Å². The van der Waals surface area contributed by atoms with Crippen molar-refractivity contribution in [3.8, 4) is 5.75 Å². The summed E-state index contributed by atoms with van der Waals surface area (Å²) in [4.78, 5) is 36.3. The highest BCUT2D eigenvalue weighted by Gasteiger charge is 2.22. The van der Waals surface area contributed by atoms with Crippen molar-refractivity contribution in [2.45, 2.75) is 26.3 Å². The van der Waals surface area contributed by atoms with Crippen molar-refractivity contribution >= 4 is 35.6 Å². The maximum absolute atomic E-state index is 12.5. The maximum atomic E-state index is 12.5. The molecule has 0 bridgehead atoms. The Labute approximate surface area is 191 Å². The van der Waals surface area contributed by atoms with Crippen molar-refractivity contribution in [2.75, 3.05) is 13.7 Å². The zero-order valence-corrected chi connectivity index (χ0v) is 18.9. The summed E-state index contributed by atoms with van der Waals surface area (Å²) in [5.41, 5.74) is 3.53. The number of hydrazone groups is 1. The van der Waals surface area contributed by atoms with Crippen LogP contribution in [0.3, 0.4) is 0 Å². The second-order valence-corrected chi connectivity index (χ2v) is 7.78. The first kappa shape index (κ1) is 24.9. The molecule has 170 valence electrons. The Kier molecular flexibility index (Phi) is 9.69. The lowest BCUT2D eigenvalue weighted by Gasteiger charge is -2.19. The average Bonchev–Trinajstić information content (AvgIpc) is 2.77. The lowest BCUT2D eigenvalue weighted by molar-refractivity contribution is -0.130. The standard InChI is InChI=1S/C23H26ClN3O5/c1-15(2)12-20(26-21(28)14-32-19-10-8-18(24)9-11-19)22(29)27-25-13-16-4-6-17(7-5-16)23(30)31-3/h4-11,13,15,20H,12,14H2,1-3H3,(H,26,28)(H,27,29)/b25-13-/t20-/m0/s1. The summed E-state index contributed by atoms with van der Waals surface area (Å²) in [7, 11) is 1.31. The molecule has 0 aliphatic heterocycles. The van der Waals surface area contributed by atoms with Crippen molar-refractivity contribution in [3.05, 3.63) is 64.7 Å². The van der Waals surface area contributed by atoms with Gasteiger partial charge in [0.2, 0.25) is 0 Å². The third-order valence-corrected chi connectivity index (χ3v) is 4.51. The number of nitrogens with one attached hydrogen (secondary N) is 2. The monoisotopic (exact) mass is 459 g/mol. The van der Waals surface area contributed by atoms with Crippen LogP contribution in [0.25, 0.3) is 0 Å². The number of esters is 1. The summed E-state index contributed by atoms with van der Waals surface area (Å²) in [6.45, 7) is 3.66. The minimum absolute atomic E-state index is 0.165. The van der Waals surface area contributed by atoms with E-state index in [0.29, 0.717) is 28.3 Å². The van der Waals surface area contributed by atoms with Crippen molar-refractivity contribution < 1.29 is 23.9 Å². The van der Waals surface area contributed by atoms with Crippen LogP contribution in [0.1, 0.15) is 36.2 Å². The molecule has 0 saturated carbocycles. The summed E-state index contributed by atoms with van der Waals surface area (Å²) >= 11 is 5.82. The van der Waals surface area contributed by atoms with E-state index in [1.54, 1.807) is 48.5 Å². The lowest BCUT2D eigenvalue weighted by Crippen LogP contribution is -2.47. The van der Waals surface area contributed by atoms with E-state index in [2.05, 4.69) is 20.6 Å². The zero-order chi connectivity index (χ0) is 23.5. The van der Waals surface area contributed by atoms with Gasteiger partial charge in [0.15, 0.2) is 6.61 Å². The van der Waals surface area contributed by atoms with Gasteiger partial charge in [0.25, 0.3) is 11.8 Å². The van der Waals surface area contributed by atoms with Crippen molar-refractivity contribution in [1.82, 2.24) is 10.7 Å². The first-order valence-electron chi connectivity index (χ1n) is 9.97. The molecule has 0 radical (unpaired) electrons. The van der Waals surface area contributed by atoms with Gasteiger partial charge in [0.05, 0.1) is 18.9 Å². The van der Waals surface area contributed by atoms with Crippen LogP contribution in [0.5, 0.6) is 5.75 Å².